The number of nitrogens with zero attached hydrogens (tertiary/aromatic N) is 1. The van der Waals surface area contributed by atoms with Crippen LogP contribution in [0.5, 0.6) is 5.75 Å². The summed E-state index contributed by atoms with van der Waals surface area (Å²) in [5.74, 6) is 0.786. The van der Waals surface area contributed by atoms with E-state index in [4.69, 9.17) is 4.74 Å². The molecule has 0 spiro atoms. The number of aryl methyl sites for hydroxylation is 1. The summed E-state index contributed by atoms with van der Waals surface area (Å²) in [4.78, 5) is 4.09. The Kier molecular flexibility index (Phi) is 5.72. The number of benzene rings is 1. The first kappa shape index (κ1) is 15.5. The number of aliphatic hydroxyl groups excluding tert-OH is 1. The third-order valence-electron chi connectivity index (χ3n) is 3.28. The molecular formula is C17H22N2O2. The van der Waals surface area contributed by atoms with Crippen LogP contribution in [-0.2, 0) is 0 Å². The first-order valence-electron chi connectivity index (χ1n) is 7.16. The number of nitrogens with one attached hydrogen (secondary N) is 1. The van der Waals surface area contributed by atoms with Crippen LogP contribution in [0.15, 0.2) is 48.8 Å². The molecule has 2 unspecified atom stereocenters. The van der Waals surface area contributed by atoms with Crippen molar-refractivity contribution in [2.24, 2.45) is 0 Å². The summed E-state index contributed by atoms with van der Waals surface area (Å²) in [7, 11) is 0. The van der Waals surface area contributed by atoms with Gasteiger partial charge in [0.05, 0.1) is 0 Å². The zero-order valence-corrected chi connectivity index (χ0v) is 12.5. The number of aliphatic hydroxyl groups is 1. The average molecular weight is 286 g/mol. The van der Waals surface area contributed by atoms with Crippen molar-refractivity contribution in [2.45, 2.75) is 26.0 Å². The molecule has 21 heavy (non-hydrogen) atoms. The molecule has 2 atom stereocenters. The molecule has 0 saturated heterocycles. The van der Waals surface area contributed by atoms with E-state index < -0.39 is 6.10 Å². The first-order chi connectivity index (χ1) is 10.1. The Labute approximate surface area is 125 Å². The summed E-state index contributed by atoms with van der Waals surface area (Å²) in [6.45, 7) is 4.81. The smallest absolute Gasteiger partial charge is 0.119 e. The molecule has 2 rings (SSSR count). The van der Waals surface area contributed by atoms with Crippen molar-refractivity contribution in [3.05, 3.63) is 59.9 Å². The highest BCUT2D eigenvalue weighted by Crippen LogP contribution is 2.13. The van der Waals surface area contributed by atoms with Gasteiger partial charge >= 0.3 is 0 Å². The number of pyridine rings is 1. The summed E-state index contributed by atoms with van der Waals surface area (Å²) >= 11 is 0. The van der Waals surface area contributed by atoms with E-state index in [0.29, 0.717) is 6.54 Å². The summed E-state index contributed by atoms with van der Waals surface area (Å²) in [5, 5.41) is 13.2. The van der Waals surface area contributed by atoms with E-state index in [9.17, 15) is 5.11 Å². The van der Waals surface area contributed by atoms with Crippen LogP contribution in [-0.4, -0.2) is 29.3 Å². The molecule has 4 heteroatoms. The largest absolute Gasteiger partial charge is 0.491 e. The van der Waals surface area contributed by atoms with Gasteiger partial charge in [0.25, 0.3) is 0 Å². The SMILES string of the molecule is Cc1cccc(OCC(O)CNC(C)c2cccnc2)c1. The lowest BCUT2D eigenvalue weighted by Gasteiger charge is -2.17. The Hall–Kier alpha value is -1.91. The molecular weight excluding hydrogens is 264 g/mol. The van der Waals surface area contributed by atoms with Crippen LogP contribution in [0.2, 0.25) is 0 Å². The summed E-state index contributed by atoms with van der Waals surface area (Å²) in [6, 6.07) is 11.9. The van der Waals surface area contributed by atoms with Crippen LogP contribution in [0, 0.1) is 6.92 Å². The van der Waals surface area contributed by atoms with Crippen LogP contribution in [0.1, 0.15) is 24.1 Å². The number of hydrogen-bond donors (Lipinski definition) is 2. The van der Waals surface area contributed by atoms with Gasteiger partial charge in [-0.1, -0.05) is 18.2 Å². The van der Waals surface area contributed by atoms with E-state index in [2.05, 4.69) is 10.3 Å². The van der Waals surface area contributed by atoms with Crippen molar-refractivity contribution in [2.75, 3.05) is 13.2 Å². The average Bonchev–Trinajstić information content (AvgIpc) is 2.51. The molecule has 2 N–H and O–H groups in total. The van der Waals surface area contributed by atoms with E-state index in [1.54, 1.807) is 6.20 Å². The number of rotatable bonds is 7. The minimum atomic E-state index is -0.551. The van der Waals surface area contributed by atoms with Crippen molar-refractivity contribution in [3.8, 4) is 5.75 Å². The fraction of sp³-hybridized carbons (Fsp3) is 0.353. The lowest BCUT2D eigenvalue weighted by Crippen LogP contribution is -2.33. The quantitative estimate of drug-likeness (QED) is 0.821. The van der Waals surface area contributed by atoms with Gasteiger partial charge in [0.1, 0.15) is 18.5 Å². The van der Waals surface area contributed by atoms with Crippen molar-refractivity contribution in [1.82, 2.24) is 10.3 Å². The van der Waals surface area contributed by atoms with Gasteiger partial charge in [-0.3, -0.25) is 4.98 Å². The molecule has 0 aliphatic heterocycles. The minimum Gasteiger partial charge on any atom is -0.491 e. The number of hydrogen-bond acceptors (Lipinski definition) is 4. The predicted octanol–water partition coefficient (Wildman–Crippen LogP) is 2.48. The van der Waals surface area contributed by atoms with Crippen molar-refractivity contribution in [1.29, 1.82) is 0 Å². The molecule has 112 valence electrons. The topological polar surface area (TPSA) is 54.4 Å². The normalized spacial score (nSPS) is 13.7. The maximum atomic E-state index is 9.97. The standard InChI is InChI=1S/C17H22N2O2/c1-13-5-3-7-17(9-13)21-12-16(20)11-19-14(2)15-6-4-8-18-10-15/h3-10,14,16,19-20H,11-12H2,1-2H3. The Morgan fingerprint density at radius 2 is 2.14 bits per heavy atom. The lowest BCUT2D eigenvalue weighted by atomic mass is 10.1. The van der Waals surface area contributed by atoms with Gasteiger partial charge in [-0.2, -0.15) is 0 Å². The van der Waals surface area contributed by atoms with Crippen molar-refractivity contribution < 1.29 is 9.84 Å². The van der Waals surface area contributed by atoms with E-state index in [0.717, 1.165) is 16.9 Å². The van der Waals surface area contributed by atoms with Gasteiger partial charge in [0.15, 0.2) is 0 Å². The molecule has 0 bridgehead atoms. The Balaban J connectivity index is 1.73. The molecule has 0 fully saturated rings. The fourth-order valence-electron chi connectivity index (χ4n) is 2.02. The Morgan fingerprint density at radius 3 is 2.86 bits per heavy atom. The zero-order valence-electron chi connectivity index (χ0n) is 12.5. The molecule has 0 saturated carbocycles. The Bertz CT molecular complexity index is 545. The molecule has 1 aromatic carbocycles. The minimum absolute atomic E-state index is 0.146. The van der Waals surface area contributed by atoms with Crippen LogP contribution >= 0.6 is 0 Å². The third-order valence-corrected chi connectivity index (χ3v) is 3.28. The van der Waals surface area contributed by atoms with Crippen LogP contribution < -0.4 is 10.1 Å². The highest BCUT2D eigenvalue weighted by Gasteiger charge is 2.09. The maximum absolute atomic E-state index is 9.97. The fourth-order valence-corrected chi connectivity index (χ4v) is 2.02. The third kappa shape index (κ3) is 5.17. The summed E-state index contributed by atoms with van der Waals surface area (Å²) < 4.78 is 5.58. The summed E-state index contributed by atoms with van der Waals surface area (Å²) in [5.41, 5.74) is 2.25. The van der Waals surface area contributed by atoms with Crippen LogP contribution in [0.4, 0.5) is 0 Å². The van der Waals surface area contributed by atoms with Gasteiger partial charge in [0.2, 0.25) is 0 Å². The molecule has 1 aromatic heterocycles. The van der Waals surface area contributed by atoms with Gasteiger partial charge < -0.3 is 15.2 Å². The van der Waals surface area contributed by atoms with Gasteiger partial charge in [0, 0.05) is 25.0 Å². The van der Waals surface area contributed by atoms with E-state index in [-0.39, 0.29) is 12.6 Å². The number of aromatic nitrogens is 1. The van der Waals surface area contributed by atoms with E-state index in [1.807, 2.05) is 56.4 Å². The molecule has 2 aromatic rings. The molecule has 0 radical (unpaired) electrons. The van der Waals surface area contributed by atoms with Gasteiger partial charge in [-0.15, -0.1) is 0 Å². The predicted molar refractivity (Wildman–Crippen MR) is 83.3 cm³/mol. The van der Waals surface area contributed by atoms with Crippen LogP contribution in [0.3, 0.4) is 0 Å². The highest BCUT2D eigenvalue weighted by molar-refractivity contribution is 5.27. The summed E-state index contributed by atoms with van der Waals surface area (Å²) in [6.07, 6.45) is 3.03. The lowest BCUT2D eigenvalue weighted by molar-refractivity contribution is 0.104. The highest BCUT2D eigenvalue weighted by atomic mass is 16.5. The second-order valence-electron chi connectivity index (χ2n) is 5.20. The first-order valence-corrected chi connectivity index (χ1v) is 7.16. The molecule has 0 aliphatic carbocycles. The number of ether oxygens (including phenoxy) is 1. The second-order valence-corrected chi connectivity index (χ2v) is 5.20. The van der Waals surface area contributed by atoms with Crippen LogP contribution in [0.25, 0.3) is 0 Å². The monoisotopic (exact) mass is 286 g/mol. The second kappa shape index (κ2) is 7.76. The van der Waals surface area contributed by atoms with Gasteiger partial charge in [-0.25, -0.2) is 0 Å². The van der Waals surface area contributed by atoms with Crippen molar-refractivity contribution >= 4 is 0 Å². The molecule has 0 aliphatic rings. The van der Waals surface area contributed by atoms with E-state index >= 15 is 0 Å². The molecule has 1 heterocycles. The zero-order chi connectivity index (χ0) is 15.1. The van der Waals surface area contributed by atoms with Crippen molar-refractivity contribution in [3.63, 3.8) is 0 Å². The molecule has 0 amide bonds. The Morgan fingerprint density at radius 1 is 1.29 bits per heavy atom. The molecule has 4 nitrogen and oxygen atoms in total. The van der Waals surface area contributed by atoms with E-state index in [1.165, 1.54) is 0 Å². The van der Waals surface area contributed by atoms with Gasteiger partial charge in [-0.05, 0) is 43.2 Å². The maximum Gasteiger partial charge on any atom is 0.119 e.